The Morgan fingerprint density at radius 2 is 1.53 bits per heavy atom. The van der Waals surface area contributed by atoms with Gasteiger partial charge in [-0.2, -0.15) is 0 Å². The lowest BCUT2D eigenvalue weighted by Gasteiger charge is -2.15. The number of anilines is 1. The SMILES string of the molecule is COc1ccc(/C=C2/SC(=Nc3ccccc3)N(c3ccccc3)C2=O)cc1OC. The number of aliphatic imine (C=N–C) groups is 1. The van der Waals surface area contributed by atoms with Crippen LogP contribution in [0.4, 0.5) is 11.4 Å². The summed E-state index contributed by atoms with van der Waals surface area (Å²) in [5.74, 6) is 1.14. The van der Waals surface area contributed by atoms with Crippen molar-refractivity contribution >= 4 is 40.3 Å². The van der Waals surface area contributed by atoms with Crippen LogP contribution in [-0.2, 0) is 4.79 Å². The quantitative estimate of drug-likeness (QED) is 0.515. The van der Waals surface area contributed by atoms with Gasteiger partial charge in [0.25, 0.3) is 5.91 Å². The largest absolute Gasteiger partial charge is 0.493 e. The number of amidine groups is 1. The highest BCUT2D eigenvalue weighted by molar-refractivity contribution is 8.19. The molecule has 1 aliphatic heterocycles. The van der Waals surface area contributed by atoms with Crippen LogP contribution >= 0.6 is 11.8 Å². The van der Waals surface area contributed by atoms with Crippen LogP contribution in [0, 0.1) is 0 Å². The average Bonchev–Trinajstić information content (AvgIpc) is 3.09. The Hall–Kier alpha value is -3.51. The first kappa shape index (κ1) is 19.8. The molecule has 0 saturated carbocycles. The minimum Gasteiger partial charge on any atom is -0.493 e. The maximum Gasteiger partial charge on any atom is 0.271 e. The number of amides is 1. The van der Waals surface area contributed by atoms with Gasteiger partial charge in [0, 0.05) is 0 Å². The Balaban J connectivity index is 1.75. The number of carbonyl (C=O) groups excluding carboxylic acids is 1. The van der Waals surface area contributed by atoms with E-state index in [0.29, 0.717) is 21.6 Å². The van der Waals surface area contributed by atoms with Gasteiger partial charge in [-0.1, -0.05) is 42.5 Å². The Bertz CT molecular complexity index is 1110. The van der Waals surface area contributed by atoms with E-state index in [4.69, 9.17) is 14.5 Å². The number of rotatable bonds is 5. The number of hydrogen-bond acceptors (Lipinski definition) is 5. The van der Waals surface area contributed by atoms with Crippen LogP contribution < -0.4 is 14.4 Å². The number of ether oxygens (including phenoxy) is 2. The molecule has 6 heteroatoms. The molecule has 5 nitrogen and oxygen atoms in total. The molecule has 0 radical (unpaired) electrons. The standard InChI is InChI=1S/C24H20N2O3S/c1-28-20-14-13-17(15-21(20)29-2)16-22-23(27)26(19-11-7-4-8-12-19)24(30-22)25-18-9-5-3-6-10-18/h3-16H,1-2H3/b22-16+,25-24?. The van der Waals surface area contributed by atoms with Gasteiger partial charge in [-0.3, -0.25) is 9.69 Å². The zero-order valence-corrected chi connectivity index (χ0v) is 17.4. The molecule has 1 aliphatic rings. The van der Waals surface area contributed by atoms with Gasteiger partial charge in [-0.25, -0.2) is 4.99 Å². The Kier molecular flexibility index (Phi) is 5.86. The Labute approximate surface area is 179 Å². The predicted molar refractivity (Wildman–Crippen MR) is 123 cm³/mol. The fourth-order valence-electron chi connectivity index (χ4n) is 3.06. The molecule has 1 fully saturated rings. The number of methoxy groups -OCH3 is 2. The second kappa shape index (κ2) is 8.88. The summed E-state index contributed by atoms with van der Waals surface area (Å²) in [4.78, 5) is 20.2. The van der Waals surface area contributed by atoms with Crippen molar-refractivity contribution in [3.8, 4) is 11.5 Å². The molecule has 3 aromatic rings. The van der Waals surface area contributed by atoms with Crippen molar-refractivity contribution in [2.24, 2.45) is 4.99 Å². The highest BCUT2D eigenvalue weighted by atomic mass is 32.2. The lowest BCUT2D eigenvalue weighted by atomic mass is 10.2. The third-order valence-electron chi connectivity index (χ3n) is 4.51. The minimum absolute atomic E-state index is 0.115. The van der Waals surface area contributed by atoms with Gasteiger partial charge < -0.3 is 9.47 Å². The van der Waals surface area contributed by atoms with E-state index in [1.54, 1.807) is 19.1 Å². The van der Waals surface area contributed by atoms with E-state index < -0.39 is 0 Å². The van der Waals surface area contributed by atoms with Gasteiger partial charge in [-0.15, -0.1) is 0 Å². The van der Waals surface area contributed by atoms with E-state index in [0.717, 1.165) is 16.9 Å². The van der Waals surface area contributed by atoms with Crippen molar-refractivity contribution in [1.29, 1.82) is 0 Å². The zero-order chi connectivity index (χ0) is 20.9. The van der Waals surface area contributed by atoms with Crippen LogP contribution in [0.1, 0.15) is 5.56 Å². The molecule has 4 rings (SSSR count). The smallest absolute Gasteiger partial charge is 0.271 e. The number of nitrogens with zero attached hydrogens (tertiary/aromatic N) is 2. The molecular formula is C24H20N2O3S. The van der Waals surface area contributed by atoms with Gasteiger partial charge in [0.15, 0.2) is 16.7 Å². The molecule has 1 amide bonds. The fraction of sp³-hybridized carbons (Fsp3) is 0.0833. The number of hydrogen-bond donors (Lipinski definition) is 0. The van der Waals surface area contributed by atoms with Crippen LogP contribution in [0.3, 0.4) is 0 Å². The third kappa shape index (κ3) is 4.09. The van der Waals surface area contributed by atoms with Crippen molar-refractivity contribution in [2.45, 2.75) is 0 Å². The maximum atomic E-state index is 13.3. The average molecular weight is 417 g/mol. The highest BCUT2D eigenvalue weighted by Gasteiger charge is 2.34. The van der Waals surface area contributed by atoms with Crippen LogP contribution in [-0.4, -0.2) is 25.3 Å². The topological polar surface area (TPSA) is 51.1 Å². The summed E-state index contributed by atoms with van der Waals surface area (Å²) in [6.45, 7) is 0. The van der Waals surface area contributed by atoms with Crippen LogP contribution in [0.25, 0.3) is 6.08 Å². The summed E-state index contributed by atoms with van der Waals surface area (Å²) in [7, 11) is 3.18. The summed E-state index contributed by atoms with van der Waals surface area (Å²) in [5.41, 5.74) is 2.42. The monoisotopic (exact) mass is 416 g/mol. The highest BCUT2D eigenvalue weighted by Crippen LogP contribution is 2.38. The number of benzene rings is 3. The van der Waals surface area contributed by atoms with Crippen LogP contribution in [0.2, 0.25) is 0 Å². The van der Waals surface area contributed by atoms with E-state index in [9.17, 15) is 4.79 Å². The second-order valence-corrected chi connectivity index (χ2v) is 7.44. The molecular weight excluding hydrogens is 396 g/mol. The first-order chi connectivity index (χ1) is 14.7. The molecule has 0 spiro atoms. The van der Waals surface area contributed by atoms with E-state index in [1.807, 2.05) is 84.9 Å². The van der Waals surface area contributed by atoms with Crippen molar-refractivity contribution in [3.63, 3.8) is 0 Å². The minimum atomic E-state index is -0.115. The molecule has 0 bridgehead atoms. The maximum absolute atomic E-state index is 13.3. The normalized spacial score (nSPS) is 16.3. The van der Waals surface area contributed by atoms with Gasteiger partial charge >= 0.3 is 0 Å². The van der Waals surface area contributed by atoms with Crippen molar-refractivity contribution < 1.29 is 14.3 Å². The molecule has 1 saturated heterocycles. The summed E-state index contributed by atoms with van der Waals surface area (Å²) < 4.78 is 10.7. The Morgan fingerprint density at radius 3 is 2.20 bits per heavy atom. The summed E-state index contributed by atoms with van der Waals surface area (Å²) in [6, 6.07) is 24.7. The number of thioether (sulfide) groups is 1. The molecule has 0 aliphatic carbocycles. The zero-order valence-electron chi connectivity index (χ0n) is 16.6. The molecule has 0 atom stereocenters. The number of carbonyl (C=O) groups is 1. The van der Waals surface area contributed by atoms with Crippen molar-refractivity contribution in [3.05, 3.63) is 89.3 Å². The van der Waals surface area contributed by atoms with Gasteiger partial charge in [0.2, 0.25) is 0 Å². The van der Waals surface area contributed by atoms with Crippen molar-refractivity contribution in [1.82, 2.24) is 0 Å². The molecule has 30 heavy (non-hydrogen) atoms. The van der Waals surface area contributed by atoms with E-state index in [-0.39, 0.29) is 5.91 Å². The summed E-state index contributed by atoms with van der Waals surface area (Å²) in [5, 5.41) is 0.615. The lowest BCUT2D eigenvalue weighted by Crippen LogP contribution is -2.28. The fourth-order valence-corrected chi connectivity index (χ4v) is 4.06. The summed E-state index contributed by atoms with van der Waals surface area (Å²) >= 11 is 1.35. The van der Waals surface area contributed by atoms with Gasteiger partial charge in [0.05, 0.1) is 30.5 Å². The molecule has 3 aromatic carbocycles. The predicted octanol–water partition coefficient (Wildman–Crippen LogP) is 5.51. The van der Waals surface area contributed by atoms with Crippen molar-refractivity contribution in [2.75, 3.05) is 19.1 Å². The first-order valence-electron chi connectivity index (χ1n) is 9.34. The molecule has 1 heterocycles. The van der Waals surface area contributed by atoms with Gasteiger partial charge in [0.1, 0.15) is 0 Å². The second-order valence-electron chi connectivity index (χ2n) is 6.43. The third-order valence-corrected chi connectivity index (χ3v) is 5.48. The van der Waals surface area contributed by atoms with Crippen LogP contribution in [0.5, 0.6) is 11.5 Å². The molecule has 0 aromatic heterocycles. The number of para-hydroxylation sites is 2. The van der Waals surface area contributed by atoms with E-state index in [1.165, 1.54) is 11.8 Å². The van der Waals surface area contributed by atoms with E-state index >= 15 is 0 Å². The van der Waals surface area contributed by atoms with E-state index in [2.05, 4.69) is 0 Å². The molecule has 0 N–H and O–H groups in total. The first-order valence-corrected chi connectivity index (χ1v) is 10.2. The molecule has 150 valence electrons. The lowest BCUT2D eigenvalue weighted by molar-refractivity contribution is -0.113. The van der Waals surface area contributed by atoms with Crippen LogP contribution in [0.15, 0.2) is 88.8 Å². The summed E-state index contributed by atoms with van der Waals surface area (Å²) in [6.07, 6.45) is 1.85. The van der Waals surface area contributed by atoms with Gasteiger partial charge in [-0.05, 0) is 59.8 Å². The molecule has 0 unspecified atom stereocenters. The Morgan fingerprint density at radius 1 is 0.867 bits per heavy atom.